The summed E-state index contributed by atoms with van der Waals surface area (Å²) >= 11 is 0. The zero-order valence-corrected chi connectivity index (χ0v) is 13.6. The van der Waals surface area contributed by atoms with Crippen molar-refractivity contribution < 1.29 is 19.1 Å². The van der Waals surface area contributed by atoms with Gasteiger partial charge in [0.15, 0.2) is 5.69 Å². The first-order chi connectivity index (χ1) is 11.6. The molecule has 1 aliphatic rings. The normalized spacial score (nSPS) is 20.6. The zero-order chi connectivity index (χ0) is 17.1. The molecule has 0 aromatic carbocycles. The summed E-state index contributed by atoms with van der Waals surface area (Å²) in [6, 6.07) is -0.148. The first-order valence-corrected chi connectivity index (χ1v) is 7.78. The Hall–Kier alpha value is -2.71. The number of hydrogen-bond acceptors (Lipinski definition) is 7. The number of carbonyl (C=O) groups excluding carboxylic acids is 2. The summed E-state index contributed by atoms with van der Waals surface area (Å²) in [6.07, 6.45) is 7.82. The molecule has 0 aliphatic heterocycles. The molecule has 2 heterocycles. The van der Waals surface area contributed by atoms with Crippen molar-refractivity contribution in [2.24, 2.45) is 7.05 Å². The lowest BCUT2D eigenvalue weighted by atomic mass is 9.92. The largest absolute Gasteiger partial charge is 0.464 e. The van der Waals surface area contributed by atoms with Crippen LogP contribution in [0.2, 0.25) is 0 Å². The van der Waals surface area contributed by atoms with Crippen molar-refractivity contribution in [2.75, 3.05) is 7.11 Å². The van der Waals surface area contributed by atoms with Gasteiger partial charge >= 0.3 is 11.9 Å². The number of esters is 2. The SMILES string of the molecule is COC(=O)c1cn([C@H]2CCCC[C@@H]2OC(=O)c2cnn(C)c2)nn1. The second-order valence-corrected chi connectivity index (χ2v) is 5.77. The molecule has 0 radical (unpaired) electrons. The number of methoxy groups -OCH3 is 1. The lowest BCUT2D eigenvalue weighted by Crippen LogP contribution is -2.32. The third kappa shape index (κ3) is 3.29. The summed E-state index contributed by atoms with van der Waals surface area (Å²) in [5.74, 6) is -0.950. The van der Waals surface area contributed by atoms with E-state index in [9.17, 15) is 9.59 Å². The van der Waals surface area contributed by atoms with Gasteiger partial charge in [0.1, 0.15) is 6.10 Å². The third-order valence-corrected chi connectivity index (χ3v) is 4.11. The van der Waals surface area contributed by atoms with Crippen LogP contribution in [0, 0.1) is 0 Å². The minimum Gasteiger partial charge on any atom is -0.464 e. The molecule has 0 bridgehead atoms. The van der Waals surface area contributed by atoms with Crippen LogP contribution in [0.1, 0.15) is 52.6 Å². The van der Waals surface area contributed by atoms with E-state index < -0.39 is 11.9 Å². The van der Waals surface area contributed by atoms with Crippen molar-refractivity contribution in [1.82, 2.24) is 24.8 Å². The Morgan fingerprint density at radius 1 is 1.21 bits per heavy atom. The van der Waals surface area contributed by atoms with Crippen LogP contribution in [0.4, 0.5) is 0 Å². The fourth-order valence-electron chi connectivity index (χ4n) is 2.89. The van der Waals surface area contributed by atoms with Crippen LogP contribution in [0.25, 0.3) is 0 Å². The molecule has 0 saturated heterocycles. The van der Waals surface area contributed by atoms with Gasteiger partial charge in [0.25, 0.3) is 0 Å². The van der Waals surface area contributed by atoms with Gasteiger partial charge in [0, 0.05) is 13.2 Å². The van der Waals surface area contributed by atoms with Gasteiger partial charge in [-0.1, -0.05) is 11.6 Å². The first-order valence-electron chi connectivity index (χ1n) is 7.78. The Morgan fingerprint density at radius 3 is 2.71 bits per heavy atom. The third-order valence-electron chi connectivity index (χ3n) is 4.11. The summed E-state index contributed by atoms with van der Waals surface area (Å²) in [6.45, 7) is 0. The van der Waals surface area contributed by atoms with E-state index in [-0.39, 0.29) is 17.8 Å². The monoisotopic (exact) mass is 333 g/mol. The zero-order valence-electron chi connectivity index (χ0n) is 13.6. The number of rotatable bonds is 4. The molecule has 9 heteroatoms. The Kier molecular flexibility index (Phi) is 4.59. The second kappa shape index (κ2) is 6.81. The van der Waals surface area contributed by atoms with E-state index in [0.717, 1.165) is 25.7 Å². The molecule has 24 heavy (non-hydrogen) atoms. The van der Waals surface area contributed by atoms with E-state index in [2.05, 4.69) is 20.1 Å². The average Bonchev–Trinajstić information content (AvgIpc) is 3.24. The summed E-state index contributed by atoms with van der Waals surface area (Å²) in [4.78, 5) is 23.8. The van der Waals surface area contributed by atoms with E-state index in [0.29, 0.717) is 5.56 Å². The van der Waals surface area contributed by atoms with Gasteiger partial charge in [-0.2, -0.15) is 5.10 Å². The average molecular weight is 333 g/mol. The Bertz CT molecular complexity index is 738. The molecule has 2 aromatic rings. The van der Waals surface area contributed by atoms with Crippen LogP contribution in [-0.2, 0) is 16.5 Å². The van der Waals surface area contributed by atoms with Crippen LogP contribution in [0.3, 0.4) is 0 Å². The van der Waals surface area contributed by atoms with Crippen molar-refractivity contribution in [3.63, 3.8) is 0 Å². The Balaban J connectivity index is 1.74. The molecule has 2 aromatic heterocycles. The molecule has 1 saturated carbocycles. The molecule has 9 nitrogen and oxygen atoms in total. The van der Waals surface area contributed by atoms with Gasteiger partial charge in [-0.05, 0) is 19.3 Å². The van der Waals surface area contributed by atoms with Crippen molar-refractivity contribution in [3.8, 4) is 0 Å². The number of carbonyl (C=O) groups is 2. The van der Waals surface area contributed by atoms with Crippen molar-refractivity contribution in [2.45, 2.75) is 37.8 Å². The van der Waals surface area contributed by atoms with Gasteiger partial charge in [-0.25, -0.2) is 14.3 Å². The van der Waals surface area contributed by atoms with Crippen molar-refractivity contribution in [3.05, 3.63) is 29.8 Å². The maximum atomic E-state index is 12.3. The van der Waals surface area contributed by atoms with Crippen molar-refractivity contribution in [1.29, 1.82) is 0 Å². The molecule has 0 N–H and O–H groups in total. The van der Waals surface area contributed by atoms with E-state index >= 15 is 0 Å². The molecule has 1 aliphatic carbocycles. The standard InChI is InChI=1S/C15H19N5O4/c1-19-8-10(7-16-19)14(21)24-13-6-4-3-5-12(13)20-9-11(17-18-20)15(22)23-2/h7-9,12-13H,3-6H2,1-2H3/t12-,13-/m0/s1. The summed E-state index contributed by atoms with van der Waals surface area (Å²) in [5.41, 5.74) is 0.552. The molecule has 2 atom stereocenters. The number of nitrogens with zero attached hydrogens (tertiary/aromatic N) is 5. The topological polar surface area (TPSA) is 101 Å². The summed E-state index contributed by atoms with van der Waals surface area (Å²) in [5, 5.41) is 11.8. The highest BCUT2D eigenvalue weighted by Crippen LogP contribution is 2.31. The van der Waals surface area contributed by atoms with Gasteiger partial charge in [-0.15, -0.1) is 5.10 Å². The predicted octanol–water partition coefficient (Wildman–Crippen LogP) is 1.14. The molecule has 3 rings (SSSR count). The number of ether oxygens (including phenoxy) is 2. The second-order valence-electron chi connectivity index (χ2n) is 5.77. The van der Waals surface area contributed by atoms with Crippen LogP contribution >= 0.6 is 0 Å². The molecule has 0 spiro atoms. The van der Waals surface area contributed by atoms with Crippen LogP contribution in [-0.4, -0.2) is 49.9 Å². The number of aryl methyl sites for hydroxylation is 1. The highest BCUT2D eigenvalue weighted by molar-refractivity contribution is 5.89. The van der Waals surface area contributed by atoms with E-state index in [1.54, 1.807) is 22.6 Å². The summed E-state index contributed by atoms with van der Waals surface area (Å²) in [7, 11) is 3.03. The maximum absolute atomic E-state index is 12.3. The van der Waals surface area contributed by atoms with E-state index in [1.807, 2.05) is 0 Å². The van der Waals surface area contributed by atoms with Gasteiger partial charge in [0.2, 0.25) is 0 Å². The number of hydrogen-bond donors (Lipinski definition) is 0. The fraction of sp³-hybridized carbons (Fsp3) is 0.533. The Labute approximate surface area is 138 Å². The minimum atomic E-state index is -0.541. The van der Waals surface area contributed by atoms with Gasteiger partial charge in [-0.3, -0.25) is 4.68 Å². The van der Waals surface area contributed by atoms with Crippen LogP contribution in [0.5, 0.6) is 0 Å². The van der Waals surface area contributed by atoms with Crippen LogP contribution in [0.15, 0.2) is 18.6 Å². The van der Waals surface area contributed by atoms with Crippen molar-refractivity contribution >= 4 is 11.9 Å². The summed E-state index contributed by atoms with van der Waals surface area (Å²) < 4.78 is 13.4. The van der Waals surface area contributed by atoms with E-state index in [4.69, 9.17) is 4.74 Å². The molecule has 1 fully saturated rings. The minimum absolute atomic E-state index is 0.139. The van der Waals surface area contributed by atoms with Gasteiger partial charge in [0.05, 0.1) is 31.1 Å². The predicted molar refractivity (Wildman–Crippen MR) is 81.3 cm³/mol. The first kappa shape index (κ1) is 16.2. The lowest BCUT2D eigenvalue weighted by molar-refractivity contribution is 0.00172. The fourth-order valence-corrected chi connectivity index (χ4v) is 2.89. The number of aromatic nitrogens is 5. The Morgan fingerprint density at radius 2 is 2.00 bits per heavy atom. The highest BCUT2D eigenvalue weighted by atomic mass is 16.5. The molecule has 128 valence electrons. The molecule has 0 unspecified atom stereocenters. The maximum Gasteiger partial charge on any atom is 0.360 e. The molecular weight excluding hydrogens is 314 g/mol. The highest BCUT2D eigenvalue weighted by Gasteiger charge is 2.31. The molecular formula is C15H19N5O4. The quantitative estimate of drug-likeness (QED) is 0.773. The lowest BCUT2D eigenvalue weighted by Gasteiger charge is -2.30. The van der Waals surface area contributed by atoms with Gasteiger partial charge < -0.3 is 9.47 Å². The molecule has 0 amide bonds. The van der Waals surface area contributed by atoms with Crippen LogP contribution < -0.4 is 0 Å². The smallest absolute Gasteiger partial charge is 0.360 e. The van der Waals surface area contributed by atoms with E-state index in [1.165, 1.54) is 19.5 Å².